The molecule has 19 heavy (non-hydrogen) atoms. The first-order chi connectivity index (χ1) is 8.60. The second-order valence-corrected chi connectivity index (χ2v) is 8.11. The van der Waals surface area contributed by atoms with E-state index in [4.69, 9.17) is 8.92 Å². The highest BCUT2D eigenvalue weighted by Crippen LogP contribution is 2.28. The molecule has 0 unspecified atom stereocenters. The Morgan fingerprint density at radius 2 is 1.68 bits per heavy atom. The standard InChI is InChI=1S/C13H24O5S/c1-10-5-7-11(8-6-10)19(15,16)17-9-12(14)18-13(2,3)4/h10-11H,5-9H2,1-4H3. The van der Waals surface area contributed by atoms with Crippen molar-refractivity contribution in [3.63, 3.8) is 0 Å². The van der Waals surface area contributed by atoms with Gasteiger partial charge in [0.2, 0.25) is 0 Å². The van der Waals surface area contributed by atoms with E-state index in [0.29, 0.717) is 18.8 Å². The number of carbonyl (C=O) groups excluding carboxylic acids is 1. The minimum absolute atomic E-state index is 0.480. The van der Waals surface area contributed by atoms with E-state index < -0.39 is 33.5 Å². The molecule has 0 aromatic carbocycles. The predicted molar refractivity (Wildman–Crippen MR) is 72.1 cm³/mol. The largest absolute Gasteiger partial charge is 0.458 e. The average Bonchev–Trinajstić information content (AvgIpc) is 2.25. The van der Waals surface area contributed by atoms with Crippen LogP contribution in [-0.2, 0) is 23.8 Å². The molecule has 1 rings (SSSR count). The lowest BCUT2D eigenvalue weighted by molar-refractivity contribution is -0.157. The third-order valence-electron chi connectivity index (χ3n) is 3.13. The van der Waals surface area contributed by atoms with Gasteiger partial charge in [0.25, 0.3) is 10.1 Å². The van der Waals surface area contributed by atoms with Crippen LogP contribution >= 0.6 is 0 Å². The Morgan fingerprint density at radius 3 is 2.16 bits per heavy atom. The Morgan fingerprint density at radius 1 is 1.16 bits per heavy atom. The third kappa shape index (κ3) is 5.91. The number of ether oxygens (including phenoxy) is 1. The summed E-state index contributed by atoms with van der Waals surface area (Å²) in [5, 5.41) is -0.480. The van der Waals surface area contributed by atoms with E-state index >= 15 is 0 Å². The summed E-state index contributed by atoms with van der Waals surface area (Å²) in [5.41, 5.74) is -0.634. The smallest absolute Gasteiger partial charge is 0.334 e. The lowest BCUT2D eigenvalue weighted by atomic mass is 9.91. The van der Waals surface area contributed by atoms with Gasteiger partial charge in [-0.05, 0) is 52.4 Å². The van der Waals surface area contributed by atoms with Crippen LogP contribution in [-0.4, -0.2) is 31.8 Å². The molecular weight excluding hydrogens is 268 g/mol. The zero-order valence-electron chi connectivity index (χ0n) is 12.1. The maximum atomic E-state index is 11.9. The van der Waals surface area contributed by atoms with Crippen LogP contribution in [0.3, 0.4) is 0 Å². The van der Waals surface area contributed by atoms with Crippen molar-refractivity contribution in [2.45, 2.75) is 64.2 Å². The van der Waals surface area contributed by atoms with Gasteiger partial charge in [-0.1, -0.05) is 6.92 Å². The number of carbonyl (C=O) groups is 1. The lowest BCUT2D eigenvalue weighted by Crippen LogP contribution is -2.32. The number of rotatable bonds is 4. The molecule has 0 spiro atoms. The van der Waals surface area contributed by atoms with Crippen LogP contribution in [0.4, 0.5) is 0 Å². The van der Waals surface area contributed by atoms with Gasteiger partial charge in [-0.2, -0.15) is 8.42 Å². The molecule has 0 bridgehead atoms. The van der Waals surface area contributed by atoms with Crippen molar-refractivity contribution in [1.29, 1.82) is 0 Å². The molecule has 0 aromatic heterocycles. The second kappa shape index (κ2) is 6.22. The van der Waals surface area contributed by atoms with Crippen molar-refractivity contribution in [2.24, 2.45) is 5.92 Å². The summed E-state index contributed by atoms with van der Waals surface area (Å²) in [6.07, 6.45) is 3.00. The van der Waals surface area contributed by atoms with Crippen LogP contribution in [0, 0.1) is 5.92 Å². The van der Waals surface area contributed by atoms with Gasteiger partial charge in [-0.25, -0.2) is 4.79 Å². The van der Waals surface area contributed by atoms with Crippen molar-refractivity contribution < 1.29 is 22.1 Å². The molecule has 0 N–H and O–H groups in total. The van der Waals surface area contributed by atoms with Crippen molar-refractivity contribution in [3.8, 4) is 0 Å². The van der Waals surface area contributed by atoms with Crippen molar-refractivity contribution in [3.05, 3.63) is 0 Å². The second-order valence-electron chi connectivity index (χ2n) is 6.22. The molecule has 1 aliphatic carbocycles. The van der Waals surface area contributed by atoms with E-state index in [-0.39, 0.29) is 0 Å². The third-order valence-corrected chi connectivity index (χ3v) is 4.87. The molecule has 0 saturated heterocycles. The van der Waals surface area contributed by atoms with Gasteiger partial charge >= 0.3 is 5.97 Å². The maximum Gasteiger partial charge on any atom is 0.334 e. The summed E-state index contributed by atoms with van der Waals surface area (Å²) in [6, 6.07) is 0. The monoisotopic (exact) mass is 292 g/mol. The fourth-order valence-electron chi connectivity index (χ4n) is 2.12. The molecule has 1 aliphatic rings. The first kappa shape index (κ1) is 16.4. The molecule has 6 heteroatoms. The van der Waals surface area contributed by atoms with E-state index in [0.717, 1.165) is 12.8 Å². The highest BCUT2D eigenvalue weighted by Gasteiger charge is 2.31. The number of hydrogen-bond donors (Lipinski definition) is 0. The van der Waals surface area contributed by atoms with Gasteiger partial charge in [0, 0.05) is 0 Å². The van der Waals surface area contributed by atoms with Crippen LogP contribution in [0.15, 0.2) is 0 Å². The normalized spacial score (nSPS) is 25.1. The Balaban J connectivity index is 2.45. The molecule has 0 radical (unpaired) electrons. The molecule has 1 saturated carbocycles. The van der Waals surface area contributed by atoms with Crippen LogP contribution in [0.2, 0.25) is 0 Å². The maximum absolute atomic E-state index is 11.9. The van der Waals surface area contributed by atoms with Gasteiger partial charge in [0.1, 0.15) is 5.60 Å². The van der Waals surface area contributed by atoms with Crippen LogP contribution < -0.4 is 0 Å². The lowest BCUT2D eigenvalue weighted by Gasteiger charge is -2.25. The van der Waals surface area contributed by atoms with E-state index in [1.165, 1.54) is 0 Å². The van der Waals surface area contributed by atoms with Crippen molar-refractivity contribution >= 4 is 16.1 Å². The Hall–Kier alpha value is -0.620. The molecular formula is C13H24O5S. The minimum Gasteiger partial charge on any atom is -0.458 e. The average molecular weight is 292 g/mol. The molecule has 0 aromatic rings. The summed E-state index contributed by atoms with van der Waals surface area (Å²) in [5.74, 6) is -0.0856. The fraction of sp³-hybridized carbons (Fsp3) is 0.923. The summed E-state index contributed by atoms with van der Waals surface area (Å²) < 4.78 is 33.7. The molecule has 0 amide bonds. The van der Waals surface area contributed by atoms with Gasteiger partial charge in [-0.15, -0.1) is 0 Å². The number of hydrogen-bond acceptors (Lipinski definition) is 5. The summed E-state index contributed by atoms with van der Waals surface area (Å²) >= 11 is 0. The van der Waals surface area contributed by atoms with Gasteiger partial charge in [0.05, 0.1) is 5.25 Å². The number of esters is 1. The topological polar surface area (TPSA) is 69.7 Å². The molecule has 5 nitrogen and oxygen atoms in total. The first-order valence-corrected chi connectivity index (χ1v) is 8.17. The molecule has 0 heterocycles. The Labute approximate surface area is 115 Å². The molecule has 1 fully saturated rings. The van der Waals surface area contributed by atoms with Crippen LogP contribution in [0.1, 0.15) is 53.4 Å². The van der Waals surface area contributed by atoms with Gasteiger partial charge in [0.15, 0.2) is 6.61 Å². The summed E-state index contributed by atoms with van der Waals surface area (Å²) in [7, 11) is -3.66. The highest BCUT2D eigenvalue weighted by atomic mass is 32.2. The Kier molecular flexibility index (Phi) is 5.38. The zero-order chi connectivity index (χ0) is 14.7. The van der Waals surface area contributed by atoms with Gasteiger partial charge in [-0.3, -0.25) is 4.18 Å². The molecule has 0 aliphatic heterocycles. The van der Waals surface area contributed by atoms with E-state index in [1.807, 2.05) is 0 Å². The van der Waals surface area contributed by atoms with Crippen LogP contribution in [0.25, 0.3) is 0 Å². The fourth-order valence-corrected chi connectivity index (χ4v) is 3.42. The molecule has 0 atom stereocenters. The SMILES string of the molecule is CC1CCC(S(=O)(=O)OCC(=O)OC(C)(C)C)CC1. The quantitative estimate of drug-likeness (QED) is 0.587. The first-order valence-electron chi connectivity index (χ1n) is 6.70. The van der Waals surface area contributed by atoms with Gasteiger partial charge < -0.3 is 4.74 Å². The van der Waals surface area contributed by atoms with Crippen molar-refractivity contribution in [2.75, 3.05) is 6.61 Å². The van der Waals surface area contributed by atoms with Crippen molar-refractivity contribution in [1.82, 2.24) is 0 Å². The van der Waals surface area contributed by atoms with Crippen LogP contribution in [0.5, 0.6) is 0 Å². The highest BCUT2D eigenvalue weighted by molar-refractivity contribution is 7.87. The zero-order valence-corrected chi connectivity index (χ0v) is 13.0. The summed E-state index contributed by atoms with van der Waals surface area (Å²) in [6.45, 7) is 6.75. The predicted octanol–water partition coefficient (Wildman–Crippen LogP) is 2.25. The van der Waals surface area contributed by atoms with E-state index in [1.54, 1.807) is 20.8 Å². The Bertz CT molecular complexity index is 399. The minimum atomic E-state index is -3.66. The molecule has 112 valence electrons. The van der Waals surface area contributed by atoms with E-state index in [9.17, 15) is 13.2 Å². The summed E-state index contributed by atoms with van der Waals surface area (Å²) in [4.78, 5) is 11.4. The van der Waals surface area contributed by atoms with E-state index in [2.05, 4.69) is 6.92 Å².